The second-order valence-corrected chi connectivity index (χ2v) is 3.59. The van der Waals surface area contributed by atoms with Gasteiger partial charge in [-0.1, -0.05) is 23.3 Å². The molecule has 2 heterocycles. The third kappa shape index (κ3) is 5.68. The summed E-state index contributed by atoms with van der Waals surface area (Å²) in [4.78, 5) is 3.94. The lowest BCUT2D eigenvalue weighted by Crippen LogP contribution is -2.07. The van der Waals surface area contributed by atoms with Gasteiger partial charge in [0.05, 0.1) is 0 Å². The van der Waals surface area contributed by atoms with E-state index < -0.39 is 0 Å². The predicted molar refractivity (Wildman–Crippen MR) is 66.9 cm³/mol. The number of nitrogens with one attached hydrogen (secondary N) is 1. The van der Waals surface area contributed by atoms with Crippen molar-refractivity contribution in [2.75, 3.05) is 6.54 Å². The van der Waals surface area contributed by atoms with Crippen LogP contribution < -0.4 is 5.32 Å². The fraction of sp³-hybridized carbons (Fsp3) is 0.308. The average molecular weight is 202 g/mol. The van der Waals surface area contributed by atoms with Gasteiger partial charge in [-0.25, -0.2) is 0 Å². The summed E-state index contributed by atoms with van der Waals surface area (Å²) in [5, 5.41) is 3.06. The molecule has 2 nitrogen and oxygen atoms in total. The second kappa shape index (κ2) is 6.82. The van der Waals surface area contributed by atoms with Gasteiger partial charge in [0.15, 0.2) is 0 Å². The molecule has 2 heteroatoms. The molecule has 0 fully saturated rings. The van der Waals surface area contributed by atoms with Gasteiger partial charge in [-0.3, -0.25) is 4.99 Å². The maximum absolute atomic E-state index is 3.94. The highest BCUT2D eigenvalue weighted by Gasteiger charge is 1.84. The van der Waals surface area contributed by atoms with Crippen LogP contribution in [0.2, 0.25) is 0 Å². The maximum atomic E-state index is 3.94. The largest absolute Gasteiger partial charge is 0.387 e. The highest BCUT2D eigenvalue weighted by Crippen LogP contribution is 2.01. The molecule has 15 heavy (non-hydrogen) atoms. The van der Waals surface area contributed by atoms with Crippen LogP contribution in [0.5, 0.6) is 0 Å². The Hall–Kier alpha value is -1.57. The molecule has 2 aliphatic rings. The summed E-state index contributed by atoms with van der Waals surface area (Å²) >= 11 is 0. The Morgan fingerprint density at radius 1 is 1.33 bits per heavy atom. The van der Waals surface area contributed by atoms with Crippen molar-refractivity contribution in [3.8, 4) is 0 Å². The van der Waals surface area contributed by atoms with Crippen molar-refractivity contribution in [3.63, 3.8) is 0 Å². The van der Waals surface area contributed by atoms with E-state index in [4.69, 9.17) is 0 Å². The zero-order valence-electron chi connectivity index (χ0n) is 9.40. The minimum atomic E-state index is 0.988. The van der Waals surface area contributed by atoms with Gasteiger partial charge in [0.1, 0.15) is 0 Å². The van der Waals surface area contributed by atoms with Gasteiger partial charge in [-0.2, -0.15) is 0 Å². The van der Waals surface area contributed by atoms with Crippen LogP contribution in [0.4, 0.5) is 0 Å². The summed E-state index contributed by atoms with van der Waals surface area (Å²) in [7, 11) is 0. The Balaban J connectivity index is 0.000000151. The van der Waals surface area contributed by atoms with Gasteiger partial charge >= 0.3 is 0 Å². The third-order valence-electron chi connectivity index (χ3n) is 2.08. The standard InChI is InChI=1S/C7H9N.C6H9N/c1-7-3-2-5-8-6-4-7;1-6-2-4-7-5-3-6/h2,4-6H,3H2,1H3;2-4,7H,5H2,1H3. The molecule has 0 aromatic heterocycles. The summed E-state index contributed by atoms with van der Waals surface area (Å²) < 4.78 is 0. The summed E-state index contributed by atoms with van der Waals surface area (Å²) in [6.07, 6.45) is 14.9. The molecule has 0 aliphatic carbocycles. The molecular formula is C13H18N2. The van der Waals surface area contributed by atoms with Crippen LogP contribution in [0, 0.1) is 0 Å². The van der Waals surface area contributed by atoms with Crippen molar-refractivity contribution in [2.24, 2.45) is 4.99 Å². The number of rotatable bonds is 0. The van der Waals surface area contributed by atoms with Gasteiger partial charge in [0.25, 0.3) is 0 Å². The van der Waals surface area contributed by atoms with Crippen molar-refractivity contribution in [3.05, 3.63) is 47.9 Å². The molecule has 0 atom stereocenters. The van der Waals surface area contributed by atoms with E-state index in [1.807, 2.05) is 24.7 Å². The molecule has 0 aromatic rings. The lowest BCUT2D eigenvalue weighted by Gasteiger charge is -2.00. The third-order valence-corrected chi connectivity index (χ3v) is 2.08. The Morgan fingerprint density at radius 2 is 2.20 bits per heavy atom. The van der Waals surface area contributed by atoms with E-state index in [-0.39, 0.29) is 0 Å². The van der Waals surface area contributed by atoms with Crippen molar-refractivity contribution >= 4 is 6.21 Å². The fourth-order valence-corrected chi connectivity index (χ4v) is 1.13. The minimum Gasteiger partial charge on any atom is -0.387 e. The van der Waals surface area contributed by atoms with Crippen LogP contribution in [0.25, 0.3) is 0 Å². The first kappa shape index (κ1) is 11.5. The zero-order valence-corrected chi connectivity index (χ0v) is 9.40. The Bertz CT molecular complexity index is 330. The Kier molecular flexibility index (Phi) is 5.23. The van der Waals surface area contributed by atoms with Gasteiger partial charge in [-0.15, -0.1) is 0 Å². The van der Waals surface area contributed by atoms with Crippen molar-refractivity contribution in [2.45, 2.75) is 20.3 Å². The molecule has 2 aliphatic heterocycles. The van der Waals surface area contributed by atoms with E-state index in [1.165, 1.54) is 11.1 Å². The summed E-state index contributed by atoms with van der Waals surface area (Å²) in [5.41, 5.74) is 2.71. The monoisotopic (exact) mass is 202 g/mol. The summed E-state index contributed by atoms with van der Waals surface area (Å²) in [6.45, 7) is 5.18. The van der Waals surface area contributed by atoms with Crippen LogP contribution in [0.1, 0.15) is 20.3 Å². The topological polar surface area (TPSA) is 24.4 Å². The minimum absolute atomic E-state index is 0.988. The zero-order chi connectivity index (χ0) is 10.9. The second-order valence-electron chi connectivity index (χ2n) is 3.59. The molecular weight excluding hydrogens is 184 g/mol. The SMILES string of the molecule is CC1=CC=NC=CC1.CC1=CCNC=C1. The highest BCUT2D eigenvalue weighted by molar-refractivity contribution is 5.73. The van der Waals surface area contributed by atoms with Gasteiger partial charge in [0, 0.05) is 19.0 Å². The van der Waals surface area contributed by atoms with E-state index >= 15 is 0 Å². The van der Waals surface area contributed by atoms with E-state index in [0.717, 1.165) is 13.0 Å². The molecule has 1 N–H and O–H groups in total. The Morgan fingerprint density at radius 3 is 2.80 bits per heavy atom. The van der Waals surface area contributed by atoms with E-state index in [2.05, 4.69) is 42.4 Å². The lowest BCUT2D eigenvalue weighted by molar-refractivity contribution is 0.958. The molecule has 0 spiro atoms. The molecule has 80 valence electrons. The number of aliphatic imine (C=N–C) groups is 1. The van der Waals surface area contributed by atoms with Crippen LogP contribution in [-0.2, 0) is 0 Å². The van der Waals surface area contributed by atoms with E-state index in [1.54, 1.807) is 0 Å². The van der Waals surface area contributed by atoms with E-state index in [0.29, 0.717) is 0 Å². The number of hydrogen-bond acceptors (Lipinski definition) is 2. The summed E-state index contributed by atoms with van der Waals surface area (Å²) in [5.74, 6) is 0. The average Bonchev–Trinajstić information content (AvgIpc) is 2.48. The molecule has 0 saturated heterocycles. The van der Waals surface area contributed by atoms with E-state index in [9.17, 15) is 0 Å². The first-order valence-corrected chi connectivity index (χ1v) is 5.19. The molecule has 0 aromatic carbocycles. The summed E-state index contributed by atoms with van der Waals surface area (Å²) in [6, 6.07) is 0. The number of dihydropyridines is 1. The van der Waals surface area contributed by atoms with Crippen molar-refractivity contribution in [1.29, 1.82) is 0 Å². The fourth-order valence-electron chi connectivity index (χ4n) is 1.13. The molecule has 2 rings (SSSR count). The molecule has 0 unspecified atom stereocenters. The predicted octanol–water partition coefficient (Wildman–Crippen LogP) is 2.97. The number of hydrogen-bond donors (Lipinski definition) is 1. The molecule has 0 saturated carbocycles. The van der Waals surface area contributed by atoms with Crippen molar-refractivity contribution in [1.82, 2.24) is 5.32 Å². The molecule has 0 radical (unpaired) electrons. The van der Waals surface area contributed by atoms with Crippen LogP contribution in [0.15, 0.2) is 52.8 Å². The first-order chi connectivity index (χ1) is 7.29. The van der Waals surface area contributed by atoms with Gasteiger partial charge < -0.3 is 5.32 Å². The molecule has 0 bridgehead atoms. The Labute approximate surface area is 91.8 Å². The normalized spacial score (nSPS) is 18.0. The number of allylic oxidation sites excluding steroid dienone is 5. The highest BCUT2D eigenvalue weighted by atomic mass is 14.8. The number of nitrogens with zero attached hydrogens (tertiary/aromatic N) is 1. The van der Waals surface area contributed by atoms with Crippen LogP contribution in [-0.4, -0.2) is 12.8 Å². The van der Waals surface area contributed by atoms with Gasteiger partial charge in [0.2, 0.25) is 0 Å². The quantitative estimate of drug-likeness (QED) is 0.641. The van der Waals surface area contributed by atoms with Gasteiger partial charge in [-0.05, 0) is 38.6 Å². The van der Waals surface area contributed by atoms with Crippen molar-refractivity contribution < 1.29 is 0 Å². The van der Waals surface area contributed by atoms with Crippen LogP contribution in [0.3, 0.4) is 0 Å². The smallest absolute Gasteiger partial charge is 0.0330 e. The maximum Gasteiger partial charge on any atom is 0.0330 e. The lowest BCUT2D eigenvalue weighted by atomic mass is 10.2. The first-order valence-electron chi connectivity index (χ1n) is 5.19. The molecule has 0 amide bonds. The van der Waals surface area contributed by atoms with Crippen LogP contribution >= 0.6 is 0 Å².